The highest BCUT2D eigenvalue weighted by molar-refractivity contribution is 5.98. The van der Waals surface area contributed by atoms with E-state index in [1.807, 2.05) is 24.3 Å². The first-order chi connectivity index (χ1) is 6.83. The minimum Gasteiger partial charge on any atom is -0.330 e. The molecule has 3 nitrogen and oxygen atoms in total. The molecule has 14 heavy (non-hydrogen) atoms. The van der Waals surface area contributed by atoms with E-state index in [0.717, 1.165) is 11.1 Å². The quantitative estimate of drug-likeness (QED) is 0.648. The van der Waals surface area contributed by atoms with Crippen LogP contribution in [-0.2, 0) is 11.3 Å². The summed E-state index contributed by atoms with van der Waals surface area (Å²) in [5, 5.41) is 0. The van der Waals surface area contributed by atoms with E-state index in [1.165, 1.54) is 6.08 Å². The lowest BCUT2D eigenvalue weighted by molar-refractivity contribution is 0.0796. The molecule has 0 atom stereocenters. The smallest absolute Gasteiger partial charge is 0.254 e. The van der Waals surface area contributed by atoms with Gasteiger partial charge in [-0.25, -0.2) is 4.79 Å². The summed E-state index contributed by atoms with van der Waals surface area (Å²) >= 11 is 0. The van der Waals surface area contributed by atoms with Crippen molar-refractivity contribution >= 4 is 11.8 Å². The van der Waals surface area contributed by atoms with Gasteiger partial charge in [0, 0.05) is 18.2 Å². The van der Waals surface area contributed by atoms with Gasteiger partial charge in [-0.15, -0.1) is 0 Å². The number of benzene rings is 1. The molecule has 1 amide bonds. The zero-order chi connectivity index (χ0) is 9.97. The van der Waals surface area contributed by atoms with Gasteiger partial charge in [-0.3, -0.25) is 4.79 Å². The maximum atomic E-state index is 11.7. The van der Waals surface area contributed by atoms with Gasteiger partial charge in [0.05, 0.1) is 6.54 Å². The van der Waals surface area contributed by atoms with E-state index in [9.17, 15) is 9.59 Å². The summed E-state index contributed by atoms with van der Waals surface area (Å²) in [6.45, 7) is 0.935. The molecule has 1 aromatic rings. The Kier molecular flexibility index (Phi) is 2.17. The first-order valence-corrected chi connectivity index (χ1v) is 4.39. The van der Waals surface area contributed by atoms with Crippen molar-refractivity contribution < 1.29 is 9.59 Å². The first kappa shape index (κ1) is 8.73. The Hall–Kier alpha value is -1.86. The van der Waals surface area contributed by atoms with E-state index in [2.05, 4.69) is 0 Å². The number of hydrogen-bond acceptors (Lipinski definition) is 2. The molecule has 0 spiro atoms. The summed E-state index contributed by atoms with van der Waals surface area (Å²) in [7, 11) is 0. The Morgan fingerprint density at radius 2 is 2.21 bits per heavy atom. The molecule has 0 N–H and O–H groups in total. The minimum atomic E-state index is -0.00731. The lowest BCUT2D eigenvalue weighted by atomic mass is 10.1. The first-order valence-electron chi connectivity index (χ1n) is 4.39. The third-order valence-electron chi connectivity index (χ3n) is 2.29. The summed E-state index contributed by atoms with van der Waals surface area (Å²) in [5.41, 5.74) is 1.77. The normalized spacial score (nSPS) is 13.7. The maximum Gasteiger partial charge on any atom is 0.254 e. The highest BCUT2D eigenvalue weighted by Gasteiger charge is 2.25. The van der Waals surface area contributed by atoms with E-state index in [0.29, 0.717) is 13.1 Å². The van der Waals surface area contributed by atoms with Gasteiger partial charge < -0.3 is 4.90 Å². The topological polar surface area (TPSA) is 37.4 Å². The molecule has 70 valence electrons. The highest BCUT2D eigenvalue weighted by Crippen LogP contribution is 2.21. The Morgan fingerprint density at radius 3 is 2.93 bits per heavy atom. The molecule has 0 saturated carbocycles. The van der Waals surface area contributed by atoms with E-state index in [4.69, 9.17) is 0 Å². The predicted octanol–water partition coefficient (Wildman–Crippen LogP) is 1.03. The molecule has 1 aromatic carbocycles. The van der Waals surface area contributed by atoms with Crippen LogP contribution in [0.3, 0.4) is 0 Å². The number of nitrogens with zero attached hydrogens (tertiary/aromatic N) is 1. The summed E-state index contributed by atoms with van der Waals surface area (Å²) < 4.78 is 0. The molecule has 0 bridgehead atoms. The Balaban J connectivity index is 2.25. The number of hydrogen-bond donors (Lipinski definition) is 0. The van der Waals surface area contributed by atoms with Gasteiger partial charge in [-0.1, -0.05) is 18.2 Å². The SMILES string of the molecule is O=C=CCN1Cc2ccccc2C1=O. The molecular weight excluding hydrogens is 178 g/mol. The molecule has 0 fully saturated rings. The van der Waals surface area contributed by atoms with Gasteiger partial charge in [0.15, 0.2) is 0 Å². The molecule has 0 aliphatic carbocycles. The number of fused-ring (bicyclic) bond motifs is 1. The Morgan fingerprint density at radius 1 is 1.43 bits per heavy atom. The number of amides is 1. The van der Waals surface area contributed by atoms with E-state index in [-0.39, 0.29) is 5.91 Å². The van der Waals surface area contributed by atoms with Crippen LogP contribution in [0.25, 0.3) is 0 Å². The van der Waals surface area contributed by atoms with Crippen LogP contribution in [-0.4, -0.2) is 23.3 Å². The fourth-order valence-corrected chi connectivity index (χ4v) is 1.61. The predicted molar refractivity (Wildman–Crippen MR) is 51.4 cm³/mol. The summed E-state index contributed by atoms with van der Waals surface area (Å²) in [5.74, 6) is 1.67. The van der Waals surface area contributed by atoms with Crippen molar-refractivity contribution in [2.75, 3.05) is 6.54 Å². The van der Waals surface area contributed by atoms with E-state index >= 15 is 0 Å². The molecule has 0 radical (unpaired) electrons. The van der Waals surface area contributed by atoms with Crippen molar-refractivity contribution in [1.82, 2.24) is 4.90 Å². The molecule has 0 unspecified atom stereocenters. The summed E-state index contributed by atoms with van der Waals surface area (Å²) in [4.78, 5) is 23.3. The molecule has 2 rings (SSSR count). The number of rotatable bonds is 2. The van der Waals surface area contributed by atoms with Gasteiger partial charge in [-0.2, -0.15) is 0 Å². The second kappa shape index (κ2) is 3.48. The van der Waals surface area contributed by atoms with Crippen molar-refractivity contribution in [3.8, 4) is 0 Å². The fourth-order valence-electron chi connectivity index (χ4n) is 1.61. The molecular formula is C11H9NO2. The second-order valence-corrected chi connectivity index (χ2v) is 3.16. The fraction of sp³-hybridized carbons (Fsp3) is 0.182. The van der Waals surface area contributed by atoms with Crippen LogP contribution in [0, 0.1) is 0 Å². The van der Waals surface area contributed by atoms with Crippen LogP contribution in [0.5, 0.6) is 0 Å². The lowest BCUT2D eigenvalue weighted by Gasteiger charge is -2.10. The molecule has 1 heterocycles. The van der Waals surface area contributed by atoms with Gasteiger partial charge in [0.2, 0.25) is 0 Å². The largest absolute Gasteiger partial charge is 0.330 e. The molecule has 0 aromatic heterocycles. The van der Waals surface area contributed by atoms with Crippen LogP contribution >= 0.6 is 0 Å². The van der Waals surface area contributed by atoms with Crippen LogP contribution in [0.4, 0.5) is 0 Å². The van der Waals surface area contributed by atoms with Gasteiger partial charge in [0.25, 0.3) is 5.91 Å². The van der Waals surface area contributed by atoms with Crippen LogP contribution in [0.1, 0.15) is 15.9 Å². The van der Waals surface area contributed by atoms with Crippen LogP contribution in [0.2, 0.25) is 0 Å². The number of carbonyl (C=O) groups excluding carboxylic acids is 2. The minimum absolute atomic E-state index is 0.00731. The average molecular weight is 187 g/mol. The van der Waals surface area contributed by atoms with Gasteiger partial charge in [-0.05, 0) is 11.6 Å². The summed E-state index contributed by atoms with van der Waals surface area (Å²) in [6.07, 6.45) is 1.32. The third kappa shape index (κ3) is 1.34. The standard InChI is InChI=1S/C11H9NO2/c13-7-3-6-12-8-9-4-1-2-5-10(9)11(12)14/h1-5H,6,8H2. The van der Waals surface area contributed by atoms with Gasteiger partial charge in [0.1, 0.15) is 5.94 Å². The van der Waals surface area contributed by atoms with Crippen molar-refractivity contribution in [1.29, 1.82) is 0 Å². The maximum absolute atomic E-state index is 11.7. The van der Waals surface area contributed by atoms with Crippen LogP contribution in [0.15, 0.2) is 30.3 Å². The third-order valence-corrected chi connectivity index (χ3v) is 2.29. The highest BCUT2D eigenvalue weighted by atomic mass is 16.2. The average Bonchev–Trinajstić information content (AvgIpc) is 2.54. The second-order valence-electron chi connectivity index (χ2n) is 3.16. The lowest BCUT2D eigenvalue weighted by Crippen LogP contribution is -2.23. The van der Waals surface area contributed by atoms with Gasteiger partial charge >= 0.3 is 0 Å². The Labute approximate surface area is 81.6 Å². The zero-order valence-corrected chi connectivity index (χ0v) is 7.56. The van der Waals surface area contributed by atoms with E-state index < -0.39 is 0 Å². The van der Waals surface area contributed by atoms with E-state index in [1.54, 1.807) is 10.8 Å². The number of carbonyl (C=O) groups is 1. The molecule has 3 heteroatoms. The van der Waals surface area contributed by atoms with Crippen LogP contribution < -0.4 is 0 Å². The van der Waals surface area contributed by atoms with Crippen molar-refractivity contribution in [2.45, 2.75) is 6.54 Å². The van der Waals surface area contributed by atoms with Crippen molar-refractivity contribution in [3.05, 3.63) is 41.5 Å². The monoisotopic (exact) mass is 187 g/mol. The van der Waals surface area contributed by atoms with Crippen molar-refractivity contribution in [3.63, 3.8) is 0 Å². The Bertz CT molecular complexity index is 419. The zero-order valence-electron chi connectivity index (χ0n) is 7.56. The molecule has 1 aliphatic rings. The van der Waals surface area contributed by atoms with Crippen molar-refractivity contribution in [2.24, 2.45) is 0 Å². The molecule has 0 saturated heterocycles. The summed E-state index contributed by atoms with van der Waals surface area (Å²) in [6, 6.07) is 7.49. The molecule has 1 aliphatic heterocycles.